The van der Waals surface area contributed by atoms with Crippen molar-refractivity contribution in [3.8, 4) is 5.75 Å². The number of halogens is 2. The third kappa shape index (κ3) is 7.41. The van der Waals surface area contributed by atoms with Gasteiger partial charge in [-0.05, 0) is 44.5 Å². The number of aliphatic hydroxyl groups excluding tert-OH is 1. The van der Waals surface area contributed by atoms with Crippen LogP contribution in [-0.2, 0) is 6.54 Å². The molecule has 2 atom stereocenters. The monoisotopic (exact) mass is 419 g/mol. The molecule has 7 heteroatoms. The molecule has 2 aliphatic rings. The van der Waals surface area contributed by atoms with E-state index in [-0.39, 0.29) is 30.9 Å². The lowest BCUT2D eigenvalue weighted by atomic mass is 9.94. The van der Waals surface area contributed by atoms with E-state index in [0.29, 0.717) is 12.0 Å². The Hall–Kier alpha value is -0.560. The van der Waals surface area contributed by atoms with Crippen LogP contribution in [0.1, 0.15) is 25.3 Å². The number of likely N-dealkylation sites (tertiary alicyclic amines) is 2. The minimum atomic E-state index is -0.140. The molecule has 156 valence electrons. The number of likely N-dealkylation sites (N-methyl/N-ethyl adjacent to an activating group) is 1. The van der Waals surface area contributed by atoms with Gasteiger partial charge in [0.2, 0.25) is 0 Å². The quantitative estimate of drug-likeness (QED) is 0.677. The van der Waals surface area contributed by atoms with Gasteiger partial charge in [0.25, 0.3) is 0 Å². The van der Waals surface area contributed by atoms with Crippen molar-refractivity contribution in [1.29, 1.82) is 0 Å². The molecular weight excluding hydrogens is 385 g/mol. The van der Waals surface area contributed by atoms with Crippen LogP contribution in [0, 0.1) is 5.92 Å². The molecule has 2 saturated heterocycles. The number of hydrogen-bond donors (Lipinski definition) is 2. The number of β-amino-alcohol motifs (C(OH)–C–C–N with tert-alkyl or cyclic N) is 1. The van der Waals surface area contributed by atoms with Crippen LogP contribution in [0.5, 0.6) is 5.75 Å². The number of nitrogens with one attached hydrogen (secondary N) is 1. The first-order valence-electron chi connectivity index (χ1n) is 9.65. The maximum absolute atomic E-state index is 9.40. The minimum Gasteiger partial charge on any atom is -0.493 e. The second kappa shape index (κ2) is 12.1. The van der Waals surface area contributed by atoms with E-state index < -0.39 is 0 Å². The van der Waals surface area contributed by atoms with Crippen molar-refractivity contribution >= 4 is 24.8 Å². The number of rotatable bonds is 8. The SMILES string of the molecule is CNCCN1CC(COc2cccc(CN3CC(O)C3)c2)CCC1C.Cl.Cl. The smallest absolute Gasteiger partial charge is 0.119 e. The standard InChI is InChI=1S/C20H33N3O2.2ClH/c1-16-6-7-18(12-23(16)9-8-21-2)15-25-20-5-3-4-17(10-20)11-22-13-19(24)14-22;;/h3-5,10,16,18-19,21,24H,6-9,11-15H2,1-2H3;2*1H. The highest BCUT2D eigenvalue weighted by atomic mass is 35.5. The van der Waals surface area contributed by atoms with Gasteiger partial charge in [-0.2, -0.15) is 0 Å². The molecule has 0 spiro atoms. The largest absolute Gasteiger partial charge is 0.493 e. The number of piperidine rings is 1. The molecule has 0 aliphatic carbocycles. The fourth-order valence-electron chi connectivity index (χ4n) is 3.84. The zero-order valence-electron chi connectivity index (χ0n) is 16.5. The van der Waals surface area contributed by atoms with Gasteiger partial charge in [0.15, 0.2) is 0 Å². The normalized spacial score (nSPS) is 23.8. The number of hydrogen-bond acceptors (Lipinski definition) is 5. The zero-order valence-corrected chi connectivity index (χ0v) is 18.1. The predicted molar refractivity (Wildman–Crippen MR) is 115 cm³/mol. The Labute approximate surface area is 176 Å². The maximum atomic E-state index is 9.40. The van der Waals surface area contributed by atoms with E-state index in [4.69, 9.17) is 4.74 Å². The second-order valence-corrected chi connectivity index (χ2v) is 7.70. The number of aliphatic hydroxyl groups is 1. The summed E-state index contributed by atoms with van der Waals surface area (Å²) in [6.45, 7) is 8.90. The zero-order chi connectivity index (χ0) is 17.6. The minimum absolute atomic E-state index is 0. The van der Waals surface area contributed by atoms with Crippen molar-refractivity contribution in [2.24, 2.45) is 5.92 Å². The molecule has 0 radical (unpaired) electrons. The van der Waals surface area contributed by atoms with E-state index in [2.05, 4.69) is 46.3 Å². The van der Waals surface area contributed by atoms with E-state index >= 15 is 0 Å². The Bertz CT molecular complexity index is 544. The molecule has 2 fully saturated rings. The first-order valence-corrected chi connectivity index (χ1v) is 9.65. The van der Waals surface area contributed by atoms with Crippen molar-refractivity contribution < 1.29 is 9.84 Å². The van der Waals surface area contributed by atoms with Crippen molar-refractivity contribution in [2.45, 2.75) is 38.5 Å². The van der Waals surface area contributed by atoms with Crippen LogP contribution in [0.4, 0.5) is 0 Å². The molecule has 0 amide bonds. The van der Waals surface area contributed by atoms with Gasteiger partial charge in [-0.25, -0.2) is 0 Å². The summed E-state index contributed by atoms with van der Waals surface area (Å²) in [7, 11) is 2.02. The van der Waals surface area contributed by atoms with Crippen LogP contribution < -0.4 is 10.1 Å². The van der Waals surface area contributed by atoms with Gasteiger partial charge in [-0.3, -0.25) is 9.80 Å². The Balaban J connectivity index is 0.00000182. The summed E-state index contributed by atoms with van der Waals surface area (Å²) >= 11 is 0. The number of nitrogens with zero attached hydrogens (tertiary/aromatic N) is 2. The van der Waals surface area contributed by atoms with Crippen molar-refractivity contribution in [1.82, 2.24) is 15.1 Å². The van der Waals surface area contributed by atoms with E-state index in [1.165, 1.54) is 18.4 Å². The van der Waals surface area contributed by atoms with E-state index in [0.717, 1.165) is 51.6 Å². The lowest BCUT2D eigenvalue weighted by Gasteiger charge is -2.38. The predicted octanol–water partition coefficient (Wildman–Crippen LogP) is 2.41. The summed E-state index contributed by atoms with van der Waals surface area (Å²) in [5, 5.41) is 12.6. The summed E-state index contributed by atoms with van der Waals surface area (Å²) < 4.78 is 6.12. The molecule has 27 heavy (non-hydrogen) atoms. The van der Waals surface area contributed by atoms with Gasteiger partial charge in [0.05, 0.1) is 12.7 Å². The van der Waals surface area contributed by atoms with E-state index in [9.17, 15) is 5.11 Å². The highest BCUT2D eigenvalue weighted by Gasteiger charge is 2.26. The maximum Gasteiger partial charge on any atom is 0.119 e. The van der Waals surface area contributed by atoms with Crippen molar-refractivity contribution in [3.63, 3.8) is 0 Å². The Morgan fingerprint density at radius 2 is 1.96 bits per heavy atom. The van der Waals surface area contributed by atoms with Crippen LogP contribution in [-0.4, -0.2) is 73.4 Å². The Morgan fingerprint density at radius 3 is 2.67 bits per heavy atom. The number of benzene rings is 1. The lowest BCUT2D eigenvalue weighted by Crippen LogP contribution is -2.49. The first kappa shape index (κ1) is 24.5. The van der Waals surface area contributed by atoms with Gasteiger partial charge in [0.1, 0.15) is 5.75 Å². The van der Waals surface area contributed by atoms with Crippen LogP contribution >= 0.6 is 24.8 Å². The summed E-state index contributed by atoms with van der Waals surface area (Å²) in [6, 6.07) is 9.09. The Morgan fingerprint density at radius 1 is 1.19 bits per heavy atom. The van der Waals surface area contributed by atoms with Crippen molar-refractivity contribution in [2.75, 3.05) is 46.4 Å². The number of ether oxygens (including phenoxy) is 1. The lowest BCUT2D eigenvalue weighted by molar-refractivity contribution is -0.00289. The fourth-order valence-corrected chi connectivity index (χ4v) is 3.84. The highest BCUT2D eigenvalue weighted by molar-refractivity contribution is 5.85. The topological polar surface area (TPSA) is 48.0 Å². The molecule has 0 bridgehead atoms. The molecule has 5 nitrogen and oxygen atoms in total. The highest BCUT2D eigenvalue weighted by Crippen LogP contribution is 2.23. The summed E-state index contributed by atoms with van der Waals surface area (Å²) in [5.41, 5.74) is 1.26. The molecule has 3 rings (SSSR count). The van der Waals surface area contributed by atoms with Gasteiger partial charge >= 0.3 is 0 Å². The molecule has 0 aromatic heterocycles. The third-order valence-corrected chi connectivity index (χ3v) is 5.49. The van der Waals surface area contributed by atoms with E-state index in [1.807, 2.05) is 7.05 Å². The molecular formula is C20H35Cl2N3O2. The molecule has 0 saturated carbocycles. The molecule has 2 N–H and O–H groups in total. The second-order valence-electron chi connectivity index (χ2n) is 7.70. The molecule has 2 aliphatic heterocycles. The van der Waals surface area contributed by atoms with Gasteiger partial charge in [-0.15, -0.1) is 24.8 Å². The molecule has 2 unspecified atom stereocenters. The summed E-state index contributed by atoms with van der Waals surface area (Å²) in [5.74, 6) is 1.58. The third-order valence-electron chi connectivity index (χ3n) is 5.49. The van der Waals surface area contributed by atoms with Gasteiger partial charge in [-0.1, -0.05) is 12.1 Å². The van der Waals surface area contributed by atoms with Crippen LogP contribution in [0.15, 0.2) is 24.3 Å². The average molecular weight is 420 g/mol. The van der Waals surface area contributed by atoms with Gasteiger partial charge < -0.3 is 15.2 Å². The van der Waals surface area contributed by atoms with E-state index in [1.54, 1.807) is 0 Å². The molecule has 1 aromatic carbocycles. The Kier molecular flexibility index (Phi) is 11.0. The first-order chi connectivity index (χ1) is 12.1. The summed E-state index contributed by atoms with van der Waals surface area (Å²) in [4.78, 5) is 4.84. The fraction of sp³-hybridized carbons (Fsp3) is 0.700. The molecule has 1 aromatic rings. The van der Waals surface area contributed by atoms with Gasteiger partial charge in [0, 0.05) is 51.2 Å². The average Bonchev–Trinajstić information content (AvgIpc) is 2.59. The van der Waals surface area contributed by atoms with Crippen LogP contribution in [0.3, 0.4) is 0 Å². The summed E-state index contributed by atoms with van der Waals surface area (Å²) in [6.07, 6.45) is 2.37. The van der Waals surface area contributed by atoms with Crippen molar-refractivity contribution in [3.05, 3.63) is 29.8 Å². The van der Waals surface area contributed by atoms with Crippen LogP contribution in [0.2, 0.25) is 0 Å². The van der Waals surface area contributed by atoms with Crippen LogP contribution in [0.25, 0.3) is 0 Å². The molecule has 2 heterocycles.